The van der Waals surface area contributed by atoms with Crippen molar-refractivity contribution in [1.82, 2.24) is 5.32 Å². The fourth-order valence-corrected chi connectivity index (χ4v) is 2.10. The van der Waals surface area contributed by atoms with Crippen LogP contribution in [0, 0.1) is 17.2 Å². The molecule has 0 aliphatic rings. The molecule has 4 heteroatoms. The van der Waals surface area contributed by atoms with E-state index in [4.69, 9.17) is 16.9 Å². The Balaban J connectivity index is 2.84. The normalized spacial score (nSPS) is 12.5. The van der Waals surface area contributed by atoms with E-state index in [1.807, 2.05) is 12.1 Å². The van der Waals surface area contributed by atoms with Gasteiger partial charge in [0.05, 0.1) is 6.07 Å². The maximum Gasteiger partial charge on any atom is 0.122 e. The molecule has 0 radical (unpaired) electrons. The second-order valence-corrected chi connectivity index (χ2v) is 5.35. The van der Waals surface area contributed by atoms with Gasteiger partial charge in [-0.05, 0) is 24.6 Å². The van der Waals surface area contributed by atoms with Crippen LogP contribution in [0.4, 0.5) is 0 Å². The Bertz CT molecular complexity index is 398. The average Bonchev–Trinajstić information content (AvgIpc) is 2.21. The quantitative estimate of drug-likeness (QED) is 0.915. The van der Waals surface area contributed by atoms with Crippen molar-refractivity contribution in [2.75, 3.05) is 6.54 Å². The summed E-state index contributed by atoms with van der Waals surface area (Å²) in [4.78, 5) is 0. The summed E-state index contributed by atoms with van der Waals surface area (Å²) in [5.41, 5.74) is 0.827. The lowest BCUT2D eigenvalue weighted by atomic mass is 10.1. The molecule has 0 saturated carbocycles. The molecule has 1 aromatic rings. The van der Waals surface area contributed by atoms with Crippen LogP contribution in [-0.2, 0) is 0 Å². The van der Waals surface area contributed by atoms with Gasteiger partial charge in [0.1, 0.15) is 6.04 Å². The lowest BCUT2D eigenvalue weighted by Crippen LogP contribution is -2.24. The van der Waals surface area contributed by atoms with Crippen molar-refractivity contribution in [3.05, 3.63) is 33.3 Å². The van der Waals surface area contributed by atoms with E-state index in [9.17, 15) is 0 Å². The highest BCUT2D eigenvalue weighted by Gasteiger charge is 2.13. The zero-order valence-electron chi connectivity index (χ0n) is 9.30. The lowest BCUT2D eigenvalue weighted by Gasteiger charge is -2.15. The van der Waals surface area contributed by atoms with Crippen LogP contribution >= 0.6 is 27.5 Å². The third-order valence-electron chi connectivity index (χ3n) is 2.13. The molecule has 0 aliphatic carbocycles. The highest BCUT2D eigenvalue weighted by atomic mass is 79.9. The minimum Gasteiger partial charge on any atom is -0.298 e. The molecule has 16 heavy (non-hydrogen) atoms. The summed E-state index contributed by atoms with van der Waals surface area (Å²) in [7, 11) is 0. The molecule has 0 aliphatic heterocycles. The summed E-state index contributed by atoms with van der Waals surface area (Å²) in [5.74, 6) is 0.505. The second-order valence-electron chi connectivity index (χ2n) is 4.03. The SMILES string of the molecule is CC(C)CNC(C#N)c1ccc(Br)cc1Cl. The van der Waals surface area contributed by atoms with E-state index < -0.39 is 0 Å². The van der Waals surface area contributed by atoms with Crippen molar-refractivity contribution in [2.24, 2.45) is 5.92 Å². The summed E-state index contributed by atoms with van der Waals surface area (Å²) in [6.07, 6.45) is 0. The van der Waals surface area contributed by atoms with Crippen LogP contribution < -0.4 is 5.32 Å². The first-order chi connectivity index (χ1) is 7.54. The first kappa shape index (κ1) is 13.5. The van der Waals surface area contributed by atoms with Gasteiger partial charge in [-0.2, -0.15) is 5.26 Å². The van der Waals surface area contributed by atoms with E-state index in [1.54, 1.807) is 6.07 Å². The van der Waals surface area contributed by atoms with Gasteiger partial charge in [0.2, 0.25) is 0 Å². The van der Waals surface area contributed by atoms with Crippen molar-refractivity contribution < 1.29 is 0 Å². The van der Waals surface area contributed by atoms with Gasteiger partial charge in [0.15, 0.2) is 0 Å². The molecule has 0 spiro atoms. The Labute approximate surface area is 110 Å². The van der Waals surface area contributed by atoms with Crippen molar-refractivity contribution >= 4 is 27.5 Å². The minimum atomic E-state index is -0.344. The van der Waals surface area contributed by atoms with Gasteiger partial charge in [-0.3, -0.25) is 5.32 Å². The Morgan fingerprint density at radius 3 is 2.69 bits per heavy atom. The van der Waals surface area contributed by atoms with Crippen LogP contribution in [-0.4, -0.2) is 6.54 Å². The van der Waals surface area contributed by atoms with Gasteiger partial charge >= 0.3 is 0 Å². The van der Waals surface area contributed by atoms with Crippen LogP contribution in [0.5, 0.6) is 0 Å². The summed E-state index contributed by atoms with van der Waals surface area (Å²) in [6.45, 7) is 5.00. The molecule has 0 aromatic heterocycles. The number of nitriles is 1. The predicted octanol–water partition coefficient (Wildman–Crippen LogP) is 3.91. The van der Waals surface area contributed by atoms with Gasteiger partial charge < -0.3 is 0 Å². The molecule has 1 rings (SSSR count). The third-order valence-corrected chi connectivity index (χ3v) is 2.95. The van der Waals surface area contributed by atoms with E-state index in [0.717, 1.165) is 16.6 Å². The molecule has 0 heterocycles. The number of hydrogen-bond donors (Lipinski definition) is 1. The van der Waals surface area contributed by atoms with Gasteiger partial charge in [-0.1, -0.05) is 47.4 Å². The zero-order valence-corrected chi connectivity index (χ0v) is 11.6. The van der Waals surface area contributed by atoms with E-state index in [2.05, 4.69) is 41.2 Å². The fourth-order valence-electron chi connectivity index (χ4n) is 1.31. The van der Waals surface area contributed by atoms with Crippen molar-refractivity contribution in [3.8, 4) is 6.07 Å². The molecule has 0 amide bonds. The maximum absolute atomic E-state index is 9.10. The maximum atomic E-state index is 9.10. The minimum absolute atomic E-state index is 0.344. The highest BCUT2D eigenvalue weighted by Crippen LogP contribution is 2.26. The number of benzene rings is 1. The van der Waals surface area contributed by atoms with Gasteiger partial charge in [0.25, 0.3) is 0 Å². The summed E-state index contributed by atoms with van der Waals surface area (Å²) >= 11 is 9.44. The standard InChI is InChI=1S/C12H14BrClN2/c1-8(2)7-16-12(6-15)10-4-3-9(13)5-11(10)14/h3-5,8,12,16H,7H2,1-2H3. The van der Waals surface area contributed by atoms with Crippen LogP contribution in [0.1, 0.15) is 25.5 Å². The van der Waals surface area contributed by atoms with Crippen molar-refractivity contribution in [1.29, 1.82) is 5.26 Å². The van der Waals surface area contributed by atoms with Crippen LogP contribution in [0.2, 0.25) is 5.02 Å². The number of rotatable bonds is 4. The van der Waals surface area contributed by atoms with Gasteiger partial charge in [-0.25, -0.2) is 0 Å². The van der Waals surface area contributed by atoms with Crippen LogP contribution in [0.15, 0.2) is 22.7 Å². The Morgan fingerprint density at radius 1 is 1.50 bits per heavy atom. The average molecular weight is 302 g/mol. The first-order valence-electron chi connectivity index (χ1n) is 5.12. The van der Waals surface area contributed by atoms with Crippen molar-refractivity contribution in [2.45, 2.75) is 19.9 Å². The fraction of sp³-hybridized carbons (Fsp3) is 0.417. The molecule has 0 fully saturated rings. The first-order valence-corrected chi connectivity index (χ1v) is 6.29. The topological polar surface area (TPSA) is 35.8 Å². The molecule has 1 unspecified atom stereocenters. The molecule has 1 atom stereocenters. The third kappa shape index (κ3) is 3.79. The van der Waals surface area contributed by atoms with E-state index >= 15 is 0 Å². The second kappa shape index (κ2) is 6.24. The van der Waals surface area contributed by atoms with E-state index in [1.165, 1.54) is 0 Å². The number of halogens is 2. The Hall–Kier alpha value is -0.560. The molecular formula is C12H14BrClN2. The van der Waals surface area contributed by atoms with Gasteiger partial charge in [0, 0.05) is 15.1 Å². The largest absolute Gasteiger partial charge is 0.298 e. The molecule has 2 nitrogen and oxygen atoms in total. The monoisotopic (exact) mass is 300 g/mol. The summed E-state index contributed by atoms with van der Waals surface area (Å²) < 4.78 is 0.918. The predicted molar refractivity (Wildman–Crippen MR) is 70.3 cm³/mol. The zero-order chi connectivity index (χ0) is 12.1. The Morgan fingerprint density at radius 2 is 2.19 bits per heavy atom. The molecule has 1 aromatic carbocycles. The number of nitrogens with zero attached hydrogens (tertiary/aromatic N) is 1. The molecule has 86 valence electrons. The highest BCUT2D eigenvalue weighted by molar-refractivity contribution is 9.10. The smallest absolute Gasteiger partial charge is 0.122 e. The molecule has 0 saturated heterocycles. The molecule has 1 N–H and O–H groups in total. The van der Waals surface area contributed by atoms with Crippen molar-refractivity contribution in [3.63, 3.8) is 0 Å². The summed E-state index contributed by atoms with van der Waals surface area (Å²) in [5, 5.41) is 12.9. The van der Waals surface area contributed by atoms with Gasteiger partial charge in [-0.15, -0.1) is 0 Å². The van der Waals surface area contributed by atoms with E-state index in [-0.39, 0.29) is 6.04 Å². The Kier molecular flexibility index (Phi) is 5.27. The van der Waals surface area contributed by atoms with Crippen LogP contribution in [0.25, 0.3) is 0 Å². The summed E-state index contributed by atoms with van der Waals surface area (Å²) in [6, 6.07) is 7.44. The molecular weight excluding hydrogens is 288 g/mol. The lowest BCUT2D eigenvalue weighted by molar-refractivity contribution is 0.525. The van der Waals surface area contributed by atoms with Crippen LogP contribution in [0.3, 0.4) is 0 Å². The van der Waals surface area contributed by atoms with E-state index in [0.29, 0.717) is 10.9 Å². The number of hydrogen-bond acceptors (Lipinski definition) is 2. The number of nitrogens with one attached hydrogen (secondary N) is 1. The molecule has 0 bridgehead atoms.